The third-order valence-corrected chi connectivity index (χ3v) is 4.11. The predicted octanol–water partition coefficient (Wildman–Crippen LogP) is 3.03. The molecular formula is C16H22N2O2. The molecule has 2 fully saturated rings. The first-order valence-electron chi connectivity index (χ1n) is 7.45. The van der Waals surface area contributed by atoms with Crippen LogP contribution in [0.5, 0.6) is 0 Å². The monoisotopic (exact) mass is 274 g/mol. The van der Waals surface area contributed by atoms with Gasteiger partial charge < -0.3 is 15.0 Å². The summed E-state index contributed by atoms with van der Waals surface area (Å²) in [6.45, 7) is 4.47. The number of hydrogen-bond donors (Lipinski definition) is 1. The number of nitrogens with one attached hydrogen (secondary N) is 1. The zero-order valence-electron chi connectivity index (χ0n) is 12.0. The molecule has 4 heteroatoms. The molecule has 2 amide bonds. The molecule has 4 nitrogen and oxygen atoms in total. The Morgan fingerprint density at radius 1 is 1.35 bits per heavy atom. The fourth-order valence-corrected chi connectivity index (χ4v) is 2.69. The zero-order valence-corrected chi connectivity index (χ0v) is 12.0. The van der Waals surface area contributed by atoms with Gasteiger partial charge in [0.2, 0.25) is 0 Å². The molecule has 20 heavy (non-hydrogen) atoms. The van der Waals surface area contributed by atoms with Crippen molar-refractivity contribution in [2.24, 2.45) is 5.92 Å². The Hall–Kier alpha value is -1.55. The Morgan fingerprint density at radius 3 is 2.80 bits per heavy atom. The van der Waals surface area contributed by atoms with Crippen LogP contribution in [0.4, 0.5) is 10.5 Å². The van der Waals surface area contributed by atoms with Gasteiger partial charge in [0.25, 0.3) is 0 Å². The first-order valence-corrected chi connectivity index (χ1v) is 7.45. The molecule has 1 aliphatic carbocycles. The molecule has 1 atom stereocenters. The SMILES string of the molecule is Cc1ccccc1NC(=O)N(C[C@H]1CCOC1)C1CC1. The maximum absolute atomic E-state index is 12.5. The summed E-state index contributed by atoms with van der Waals surface area (Å²) in [4.78, 5) is 14.5. The summed E-state index contributed by atoms with van der Waals surface area (Å²) in [5.74, 6) is 0.498. The van der Waals surface area contributed by atoms with Crippen molar-refractivity contribution in [3.05, 3.63) is 29.8 Å². The lowest BCUT2D eigenvalue weighted by Gasteiger charge is -2.25. The second-order valence-electron chi connectivity index (χ2n) is 5.86. The van der Waals surface area contributed by atoms with Crippen molar-refractivity contribution in [1.29, 1.82) is 0 Å². The molecule has 1 aliphatic heterocycles. The number of carbonyl (C=O) groups excluding carboxylic acids is 1. The molecular weight excluding hydrogens is 252 g/mol. The van der Waals surface area contributed by atoms with Crippen LogP contribution in [0.1, 0.15) is 24.8 Å². The van der Waals surface area contributed by atoms with Crippen LogP contribution in [0.15, 0.2) is 24.3 Å². The van der Waals surface area contributed by atoms with Crippen molar-refractivity contribution >= 4 is 11.7 Å². The van der Waals surface area contributed by atoms with Crippen LogP contribution in [0.25, 0.3) is 0 Å². The fraction of sp³-hybridized carbons (Fsp3) is 0.562. The van der Waals surface area contributed by atoms with E-state index >= 15 is 0 Å². The van der Waals surface area contributed by atoms with Crippen molar-refractivity contribution in [2.75, 3.05) is 25.1 Å². The largest absolute Gasteiger partial charge is 0.381 e. The highest BCUT2D eigenvalue weighted by Gasteiger charge is 2.34. The van der Waals surface area contributed by atoms with Crippen molar-refractivity contribution in [3.8, 4) is 0 Å². The molecule has 1 aromatic rings. The van der Waals surface area contributed by atoms with Gasteiger partial charge in [-0.05, 0) is 37.8 Å². The molecule has 0 aromatic heterocycles. The number of anilines is 1. The summed E-state index contributed by atoms with van der Waals surface area (Å²) in [5, 5.41) is 3.05. The quantitative estimate of drug-likeness (QED) is 0.917. The van der Waals surface area contributed by atoms with Gasteiger partial charge in [0.15, 0.2) is 0 Å². The van der Waals surface area contributed by atoms with Crippen molar-refractivity contribution in [1.82, 2.24) is 4.90 Å². The van der Waals surface area contributed by atoms with Crippen LogP contribution < -0.4 is 5.32 Å². The number of urea groups is 1. The smallest absolute Gasteiger partial charge is 0.322 e. The first kappa shape index (κ1) is 13.4. The van der Waals surface area contributed by atoms with E-state index in [9.17, 15) is 4.79 Å². The molecule has 3 rings (SSSR count). The van der Waals surface area contributed by atoms with Crippen LogP contribution in [0.2, 0.25) is 0 Å². The third kappa shape index (κ3) is 3.12. The minimum atomic E-state index is 0.0358. The van der Waals surface area contributed by atoms with Gasteiger partial charge in [-0.25, -0.2) is 4.79 Å². The Balaban J connectivity index is 1.64. The normalized spacial score (nSPS) is 21.8. The number of benzene rings is 1. The lowest BCUT2D eigenvalue weighted by molar-refractivity contribution is 0.167. The second-order valence-corrected chi connectivity index (χ2v) is 5.86. The van der Waals surface area contributed by atoms with Crippen molar-refractivity contribution in [2.45, 2.75) is 32.2 Å². The summed E-state index contributed by atoms with van der Waals surface area (Å²) in [7, 11) is 0. The minimum absolute atomic E-state index is 0.0358. The zero-order chi connectivity index (χ0) is 13.9. The Labute approximate surface area is 120 Å². The third-order valence-electron chi connectivity index (χ3n) is 4.11. The number of nitrogens with zero attached hydrogens (tertiary/aromatic N) is 1. The predicted molar refractivity (Wildman–Crippen MR) is 78.9 cm³/mol. The molecule has 0 spiro atoms. The lowest BCUT2D eigenvalue weighted by atomic mass is 10.1. The summed E-state index contributed by atoms with van der Waals surface area (Å²) < 4.78 is 5.42. The fourth-order valence-electron chi connectivity index (χ4n) is 2.69. The van der Waals surface area contributed by atoms with Gasteiger partial charge in [-0.15, -0.1) is 0 Å². The van der Waals surface area contributed by atoms with Gasteiger partial charge in [0.05, 0.1) is 6.61 Å². The average Bonchev–Trinajstić information content (AvgIpc) is 3.15. The number of amides is 2. The van der Waals surface area contributed by atoms with Crippen LogP contribution in [0, 0.1) is 12.8 Å². The average molecular weight is 274 g/mol. The van der Waals surface area contributed by atoms with Gasteiger partial charge in [-0.1, -0.05) is 18.2 Å². The van der Waals surface area contributed by atoms with Gasteiger partial charge in [-0.3, -0.25) is 0 Å². The van der Waals surface area contributed by atoms with Crippen molar-refractivity contribution < 1.29 is 9.53 Å². The molecule has 0 radical (unpaired) electrons. The summed E-state index contributed by atoms with van der Waals surface area (Å²) in [5.41, 5.74) is 2.01. The number of aryl methyl sites for hydroxylation is 1. The second kappa shape index (κ2) is 5.83. The van der Waals surface area contributed by atoms with E-state index in [-0.39, 0.29) is 6.03 Å². The van der Waals surface area contributed by atoms with E-state index in [1.807, 2.05) is 36.1 Å². The molecule has 0 bridgehead atoms. The highest BCUT2D eigenvalue weighted by atomic mass is 16.5. The lowest BCUT2D eigenvalue weighted by Crippen LogP contribution is -2.40. The Kier molecular flexibility index (Phi) is 3.92. The standard InChI is InChI=1S/C16H22N2O2/c1-12-4-2-3-5-15(12)17-16(19)18(14-6-7-14)10-13-8-9-20-11-13/h2-5,13-14H,6-11H2,1H3,(H,17,19)/t13-/m1/s1. The maximum Gasteiger partial charge on any atom is 0.322 e. The summed E-state index contributed by atoms with van der Waals surface area (Å²) >= 11 is 0. The number of carbonyl (C=O) groups is 1. The van der Waals surface area contributed by atoms with E-state index in [2.05, 4.69) is 5.32 Å². The van der Waals surface area contributed by atoms with Crippen LogP contribution in [-0.2, 0) is 4.74 Å². The Bertz CT molecular complexity index is 479. The topological polar surface area (TPSA) is 41.6 Å². The van der Waals surface area contributed by atoms with Crippen LogP contribution >= 0.6 is 0 Å². The molecule has 1 aromatic carbocycles. The first-order chi connectivity index (χ1) is 9.74. The number of rotatable bonds is 4. The van der Waals surface area contributed by atoms with E-state index < -0.39 is 0 Å². The van der Waals surface area contributed by atoms with Crippen LogP contribution in [0.3, 0.4) is 0 Å². The van der Waals surface area contributed by atoms with E-state index in [0.29, 0.717) is 12.0 Å². The Morgan fingerprint density at radius 2 is 2.15 bits per heavy atom. The summed E-state index contributed by atoms with van der Waals surface area (Å²) in [6, 6.07) is 8.38. The molecule has 2 aliphatic rings. The van der Waals surface area contributed by atoms with Gasteiger partial charge in [0.1, 0.15) is 0 Å². The summed E-state index contributed by atoms with van der Waals surface area (Å²) in [6.07, 6.45) is 3.34. The molecule has 1 saturated heterocycles. The molecule has 108 valence electrons. The number of ether oxygens (including phenoxy) is 1. The van der Waals surface area contributed by atoms with Gasteiger partial charge in [0, 0.05) is 30.8 Å². The maximum atomic E-state index is 12.5. The number of hydrogen-bond acceptors (Lipinski definition) is 2. The molecule has 1 N–H and O–H groups in total. The van der Waals surface area contributed by atoms with Crippen molar-refractivity contribution in [3.63, 3.8) is 0 Å². The van der Waals surface area contributed by atoms with E-state index in [1.165, 1.54) is 0 Å². The molecule has 0 unspecified atom stereocenters. The van der Waals surface area contributed by atoms with E-state index in [0.717, 1.165) is 50.3 Å². The molecule has 1 heterocycles. The minimum Gasteiger partial charge on any atom is -0.381 e. The van der Waals surface area contributed by atoms with E-state index in [4.69, 9.17) is 4.74 Å². The van der Waals surface area contributed by atoms with E-state index in [1.54, 1.807) is 0 Å². The van der Waals surface area contributed by atoms with Crippen LogP contribution in [-0.4, -0.2) is 36.7 Å². The highest BCUT2D eigenvalue weighted by molar-refractivity contribution is 5.90. The van der Waals surface area contributed by atoms with Gasteiger partial charge in [-0.2, -0.15) is 0 Å². The number of para-hydroxylation sites is 1. The van der Waals surface area contributed by atoms with Gasteiger partial charge >= 0.3 is 6.03 Å². The highest BCUT2D eigenvalue weighted by Crippen LogP contribution is 2.29. The molecule has 1 saturated carbocycles.